The molecule has 0 bridgehead atoms. The van der Waals surface area contributed by atoms with Gasteiger partial charge in [0.25, 0.3) is 0 Å². The summed E-state index contributed by atoms with van der Waals surface area (Å²) in [5, 5.41) is 5.74. The molecule has 2 aromatic rings. The molecule has 3 nitrogen and oxygen atoms in total. The highest BCUT2D eigenvalue weighted by molar-refractivity contribution is 7.80. The zero-order chi connectivity index (χ0) is 13.4. The highest BCUT2D eigenvalue weighted by atomic mass is 32.1. The van der Waals surface area contributed by atoms with Crippen molar-refractivity contribution in [3.63, 3.8) is 0 Å². The standard InChI is InChI=1S/C15H14N2OS/c1-10-9-16-15(19)17(14(10)18)13-8-4-6-11-5-2-3-7-12(11)13/h2-8,10H,9H2,1H3,(H,16,19)/t10-/m1/s1. The maximum atomic E-state index is 12.4. The van der Waals surface area contributed by atoms with Crippen LogP contribution in [-0.4, -0.2) is 17.6 Å². The molecule has 4 heteroatoms. The number of fused-ring (bicyclic) bond motifs is 1. The SMILES string of the molecule is C[C@@H]1CNC(=S)N(c2cccc3ccccc23)C1=O. The topological polar surface area (TPSA) is 32.3 Å². The van der Waals surface area contributed by atoms with E-state index in [1.165, 1.54) is 0 Å². The molecule has 3 rings (SSSR count). The molecule has 0 unspecified atom stereocenters. The van der Waals surface area contributed by atoms with E-state index in [-0.39, 0.29) is 11.8 Å². The molecule has 1 N–H and O–H groups in total. The molecular weight excluding hydrogens is 256 g/mol. The Hall–Kier alpha value is -1.94. The maximum absolute atomic E-state index is 12.4. The maximum Gasteiger partial charge on any atom is 0.237 e. The molecule has 1 atom stereocenters. The molecule has 1 fully saturated rings. The fourth-order valence-corrected chi connectivity index (χ4v) is 2.63. The van der Waals surface area contributed by atoms with Gasteiger partial charge >= 0.3 is 0 Å². The number of carbonyl (C=O) groups is 1. The summed E-state index contributed by atoms with van der Waals surface area (Å²) < 4.78 is 0. The van der Waals surface area contributed by atoms with E-state index in [2.05, 4.69) is 5.32 Å². The predicted molar refractivity (Wildman–Crippen MR) is 81.2 cm³/mol. The number of nitrogens with one attached hydrogen (secondary N) is 1. The lowest BCUT2D eigenvalue weighted by Crippen LogP contribution is -2.54. The van der Waals surface area contributed by atoms with E-state index in [9.17, 15) is 4.79 Å². The van der Waals surface area contributed by atoms with Crippen LogP contribution in [0.5, 0.6) is 0 Å². The summed E-state index contributed by atoms with van der Waals surface area (Å²) in [6, 6.07) is 13.9. The molecular formula is C15H14N2OS. The van der Waals surface area contributed by atoms with E-state index >= 15 is 0 Å². The van der Waals surface area contributed by atoms with Crippen LogP contribution >= 0.6 is 12.2 Å². The summed E-state index contributed by atoms with van der Waals surface area (Å²) in [6.07, 6.45) is 0. The fourth-order valence-electron chi connectivity index (χ4n) is 2.36. The highest BCUT2D eigenvalue weighted by Gasteiger charge is 2.30. The number of hydrogen-bond donors (Lipinski definition) is 1. The van der Waals surface area contributed by atoms with Gasteiger partial charge in [0.15, 0.2) is 5.11 Å². The molecule has 1 heterocycles. The van der Waals surface area contributed by atoms with Gasteiger partial charge in [-0.1, -0.05) is 43.3 Å². The first-order chi connectivity index (χ1) is 9.18. The fraction of sp³-hybridized carbons (Fsp3) is 0.200. The molecule has 0 spiro atoms. The Kier molecular flexibility index (Phi) is 2.95. The molecule has 0 aromatic heterocycles. The van der Waals surface area contributed by atoms with Crippen molar-refractivity contribution in [1.82, 2.24) is 5.32 Å². The van der Waals surface area contributed by atoms with Gasteiger partial charge in [0, 0.05) is 11.9 Å². The highest BCUT2D eigenvalue weighted by Crippen LogP contribution is 2.29. The average Bonchev–Trinajstić information content (AvgIpc) is 2.44. The Morgan fingerprint density at radius 2 is 1.95 bits per heavy atom. The molecule has 1 amide bonds. The summed E-state index contributed by atoms with van der Waals surface area (Å²) in [5.74, 6) is -0.00854. The molecule has 0 radical (unpaired) electrons. The van der Waals surface area contributed by atoms with Crippen LogP contribution in [0.1, 0.15) is 6.92 Å². The van der Waals surface area contributed by atoms with Crippen molar-refractivity contribution >= 4 is 39.7 Å². The summed E-state index contributed by atoms with van der Waals surface area (Å²) in [6.45, 7) is 2.52. The third-order valence-corrected chi connectivity index (χ3v) is 3.74. The van der Waals surface area contributed by atoms with Gasteiger partial charge in [0.05, 0.1) is 11.6 Å². The summed E-state index contributed by atoms with van der Waals surface area (Å²) in [5.41, 5.74) is 0.854. The van der Waals surface area contributed by atoms with Gasteiger partial charge in [0.2, 0.25) is 5.91 Å². The first-order valence-electron chi connectivity index (χ1n) is 6.28. The zero-order valence-corrected chi connectivity index (χ0v) is 11.4. The Morgan fingerprint density at radius 3 is 2.79 bits per heavy atom. The third-order valence-electron chi connectivity index (χ3n) is 3.41. The van der Waals surface area contributed by atoms with Crippen molar-refractivity contribution in [2.75, 3.05) is 11.4 Å². The first kappa shape index (κ1) is 12.1. The summed E-state index contributed by atoms with van der Waals surface area (Å²) in [4.78, 5) is 14.0. The molecule has 1 aliphatic rings. The Labute approximate surface area is 117 Å². The van der Waals surface area contributed by atoms with Crippen LogP contribution in [0, 0.1) is 5.92 Å². The van der Waals surface area contributed by atoms with E-state index in [0.29, 0.717) is 11.7 Å². The lowest BCUT2D eigenvalue weighted by molar-refractivity contribution is -0.121. The molecule has 1 aliphatic heterocycles. The average molecular weight is 270 g/mol. The van der Waals surface area contributed by atoms with Crippen molar-refractivity contribution in [3.8, 4) is 0 Å². The normalized spacial score (nSPS) is 19.6. The lowest BCUT2D eigenvalue weighted by atomic mass is 10.0. The molecule has 2 aromatic carbocycles. The predicted octanol–water partition coefficient (Wildman–Crippen LogP) is 2.70. The van der Waals surface area contributed by atoms with Crippen LogP contribution in [0.15, 0.2) is 42.5 Å². The van der Waals surface area contributed by atoms with Crippen LogP contribution < -0.4 is 10.2 Å². The van der Waals surface area contributed by atoms with E-state index < -0.39 is 0 Å². The second-order valence-electron chi connectivity index (χ2n) is 4.76. The number of benzene rings is 2. The Morgan fingerprint density at radius 1 is 1.21 bits per heavy atom. The van der Waals surface area contributed by atoms with Gasteiger partial charge in [-0.05, 0) is 23.7 Å². The van der Waals surface area contributed by atoms with Gasteiger partial charge in [-0.3, -0.25) is 9.69 Å². The molecule has 96 valence electrons. The van der Waals surface area contributed by atoms with E-state index in [1.54, 1.807) is 4.90 Å². The van der Waals surface area contributed by atoms with E-state index in [1.807, 2.05) is 49.4 Å². The van der Waals surface area contributed by atoms with Crippen molar-refractivity contribution in [2.45, 2.75) is 6.92 Å². The Bertz CT molecular complexity index is 663. The lowest BCUT2D eigenvalue weighted by Gasteiger charge is -2.32. The summed E-state index contributed by atoms with van der Waals surface area (Å²) in [7, 11) is 0. The Balaban J connectivity index is 2.18. The number of nitrogens with zero attached hydrogens (tertiary/aromatic N) is 1. The van der Waals surface area contributed by atoms with Gasteiger partial charge in [0.1, 0.15) is 0 Å². The molecule has 1 saturated heterocycles. The molecule has 19 heavy (non-hydrogen) atoms. The van der Waals surface area contributed by atoms with Crippen molar-refractivity contribution in [3.05, 3.63) is 42.5 Å². The van der Waals surface area contributed by atoms with E-state index in [0.717, 1.165) is 16.5 Å². The summed E-state index contributed by atoms with van der Waals surface area (Å²) >= 11 is 5.30. The van der Waals surface area contributed by atoms with Gasteiger partial charge in [-0.25, -0.2) is 0 Å². The van der Waals surface area contributed by atoms with Gasteiger partial charge < -0.3 is 5.32 Å². The number of hydrogen-bond acceptors (Lipinski definition) is 2. The third kappa shape index (κ3) is 1.98. The van der Waals surface area contributed by atoms with Crippen molar-refractivity contribution in [1.29, 1.82) is 0 Å². The minimum atomic E-state index is -0.0642. The van der Waals surface area contributed by atoms with Gasteiger partial charge in [-0.15, -0.1) is 0 Å². The second kappa shape index (κ2) is 4.63. The first-order valence-corrected chi connectivity index (χ1v) is 6.69. The minimum absolute atomic E-state index is 0.0557. The van der Waals surface area contributed by atoms with Crippen LogP contribution in [0.2, 0.25) is 0 Å². The number of thiocarbonyl (C=S) groups is 1. The number of rotatable bonds is 1. The number of anilines is 1. The van der Waals surface area contributed by atoms with Gasteiger partial charge in [-0.2, -0.15) is 0 Å². The van der Waals surface area contributed by atoms with Crippen LogP contribution in [0.25, 0.3) is 10.8 Å². The largest absolute Gasteiger partial charge is 0.361 e. The smallest absolute Gasteiger partial charge is 0.237 e. The number of amides is 1. The quantitative estimate of drug-likeness (QED) is 0.809. The van der Waals surface area contributed by atoms with Crippen molar-refractivity contribution in [2.24, 2.45) is 5.92 Å². The van der Waals surface area contributed by atoms with Crippen LogP contribution in [0.4, 0.5) is 5.69 Å². The molecule has 0 saturated carbocycles. The molecule has 0 aliphatic carbocycles. The van der Waals surface area contributed by atoms with Crippen molar-refractivity contribution < 1.29 is 4.79 Å². The number of carbonyl (C=O) groups excluding carboxylic acids is 1. The van der Waals surface area contributed by atoms with E-state index in [4.69, 9.17) is 12.2 Å². The minimum Gasteiger partial charge on any atom is -0.361 e. The van der Waals surface area contributed by atoms with Crippen LogP contribution in [-0.2, 0) is 4.79 Å². The van der Waals surface area contributed by atoms with Crippen LogP contribution in [0.3, 0.4) is 0 Å². The zero-order valence-electron chi connectivity index (χ0n) is 10.6. The monoisotopic (exact) mass is 270 g/mol. The second-order valence-corrected chi connectivity index (χ2v) is 5.15.